The molecule has 0 radical (unpaired) electrons. The second-order valence-electron chi connectivity index (χ2n) is 30.6. The van der Waals surface area contributed by atoms with Crippen molar-refractivity contribution in [3.8, 4) is 0 Å². The maximum absolute atomic E-state index is 12.8. The number of Topliss-reactive ketones (excluding diaryl/α,β-unsaturated/α-hetero) is 1. The normalized spacial score (nSPS) is 39.5. The summed E-state index contributed by atoms with van der Waals surface area (Å²) in [5.74, 6) is 9.15. The lowest BCUT2D eigenvalue weighted by atomic mass is 9.51. The van der Waals surface area contributed by atoms with Gasteiger partial charge in [0, 0.05) is 31.0 Å². The standard InChI is InChI=1S/C26H38O6.C22H34O5.C21H32O5.6CH4/c1-4-26(2,3)25(29)32-22-10-15-7-18(22)20(9-15)24(28)31-13-30-12-21-16-5-14-6-17(11-16)23(27)19(21)8-14;1-5-22(3,4)21(24)27-17-10-13-9-16(17)19-14-7-12(18(13)19)8-15(14)20(23)26-11-25-6-2;1-4-11(3)20(22)26-17-9-13-8-16(17)19-14-6-12(18(13)19)7-15(14)21(23)25-10-24-5-2;;;;;;/h14-22H,4-13H2,1-3H3;12-19H,5-11H2,1-4H3;11-19H,4-10H2,1-3H3;6*1H4. The SMILES string of the molecule is C.C.C.C.C.C.CCC(C)(C)C(=O)OC1CC2CC(C(=O)OCOCC3C4CC5CC(C4)C(=O)C3C5)C1C2.CCOCOC(=O)C1CC2CC1C1C3CC(CC3OC(=O)C(C)(C)CC)C21.CCOCOC(=O)C1CC2CC1C1C3CC(CC3OC(=O)C(C)CC)C21. The molecule has 14 saturated carbocycles. The van der Waals surface area contributed by atoms with Gasteiger partial charge in [-0.1, -0.05) is 72.3 Å². The van der Waals surface area contributed by atoms with Crippen molar-refractivity contribution in [2.75, 3.05) is 40.2 Å². The van der Waals surface area contributed by atoms with Crippen LogP contribution < -0.4 is 0 Å². The molecule has 0 heterocycles. The third-order valence-electron chi connectivity index (χ3n) is 25.7. The molecule has 0 aromatic rings. The van der Waals surface area contributed by atoms with Crippen molar-refractivity contribution in [2.24, 2.45) is 147 Å². The van der Waals surface area contributed by atoms with E-state index in [2.05, 4.69) is 0 Å². The van der Waals surface area contributed by atoms with Gasteiger partial charge in [0.2, 0.25) is 0 Å². The minimum absolute atomic E-state index is 0. The molecule has 14 aliphatic rings. The molecule has 26 atom stereocenters. The summed E-state index contributed by atoms with van der Waals surface area (Å²) in [6, 6.07) is 0. The van der Waals surface area contributed by atoms with Gasteiger partial charge in [-0.15, -0.1) is 0 Å². The highest BCUT2D eigenvalue weighted by Crippen LogP contribution is 2.71. The van der Waals surface area contributed by atoms with Gasteiger partial charge in [0.25, 0.3) is 0 Å². The molecule has 0 aromatic carbocycles. The van der Waals surface area contributed by atoms with Crippen LogP contribution in [0.2, 0.25) is 0 Å². The fourth-order valence-electron chi connectivity index (χ4n) is 20.9. The second-order valence-corrected chi connectivity index (χ2v) is 30.6. The van der Waals surface area contributed by atoms with Crippen LogP contribution in [-0.4, -0.2) is 100 Å². The first-order valence-electron chi connectivity index (χ1n) is 34.1. The zero-order valence-electron chi connectivity index (χ0n) is 53.0. The van der Waals surface area contributed by atoms with E-state index in [1.54, 1.807) is 0 Å². The number of ketones is 1. The molecule has 14 aliphatic carbocycles. The molecular weight excluding hydrogens is 1160 g/mol. The van der Waals surface area contributed by atoms with Gasteiger partial charge in [-0.2, -0.15) is 0 Å². The monoisotopic (exact) mass is 1280 g/mol. The lowest BCUT2D eigenvalue weighted by Crippen LogP contribution is -2.52. The molecule has 16 nitrogen and oxygen atoms in total. The molecule has 0 aliphatic heterocycles. The van der Waals surface area contributed by atoms with Crippen LogP contribution in [0.25, 0.3) is 0 Å². The van der Waals surface area contributed by atoms with Gasteiger partial charge in [-0.05, 0) is 252 Å². The first-order chi connectivity index (χ1) is 40.7. The molecule has 91 heavy (non-hydrogen) atoms. The van der Waals surface area contributed by atoms with Crippen LogP contribution in [0.1, 0.15) is 229 Å². The number of rotatable bonds is 22. The first-order valence-corrected chi connectivity index (χ1v) is 34.1. The van der Waals surface area contributed by atoms with E-state index in [9.17, 15) is 33.6 Å². The number of hydrogen-bond donors (Lipinski definition) is 0. The molecule has 0 N–H and O–H groups in total. The minimum Gasteiger partial charge on any atom is -0.462 e. The number of ether oxygens (including phenoxy) is 9. The van der Waals surface area contributed by atoms with Gasteiger partial charge in [-0.25, -0.2) is 0 Å². The summed E-state index contributed by atoms with van der Waals surface area (Å²) in [5.41, 5.74) is -0.910. The highest BCUT2D eigenvalue weighted by atomic mass is 16.7. The highest BCUT2D eigenvalue weighted by Gasteiger charge is 2.68. The maximum atomic E-state index is 12.8. The van der Waals surface area contributed by atoms with Crippen LogP contribution in [-0.2, 0) is 76.2 Å². The fraction of sp³-hybridized carbons (Fsp3) is 0.907. The summed E-state index contributed by atoms with van der Waals surface area (Å²) in [7, 11) is 0. The summed E-state index contributed by atoms with van der Waals surface area (Å²) in [4.78, 5) is 87.8. The van der Waals surface area contributed by atoms with Crippen LogP contribution in [0.15, 0.2) is 0 Å². The predicted molar refractivity (Wildman–Crippen MR) is 351 cm³/mol. The molecule has 14 rings (SSSR count). The molecule has 0 saturated heterocycles. The van der Waals surface area contributed by atoms with E-state index >= 15 is 0 Å². The quantitative estimate of drug-likeness (QED) is 0.0325. The number of carbonyl (C=O) groups is 7. The summed E-state index contributed by atoms with van der Waals surface area (Å²) in [6.07, 6.45) is 18.0. The molecule has 0 spiro atoms. The molecule has 14 bridgehead atoms. The number of carbonyl (C=O) groups excluding carboxylic acids is 7. The van der Waals surface area contributed by atoms with Gasteiger partial charge in [-0.3, -0.25) is 33.6 Å². The van der Waals surface area contributed by atoms with Crippen LogP contribution in [0.5, 0.6) is 0 Å². The largest absolute Gasteiger partial charge is 0.462 e. The van der Waals surface area contributed by atoms with Crippen LogP contribution in [0, 0.1) is 147 Å². The van der Waals surface area contributed by atoms with Crippen LogP contribution in [0.3, 0.4) is 0 Å². The van der Waals surface area contributed by atoms with Crippen LogP contribution in [0.4, 0.5) is 0 Å². The van der Waals surface area contributed by atoms with E-state index in [1.165, 1.54) is 19.3 Å². The van der Waals surface area contributed by atoms with Crippen molar-refractivity contribution in [2.45, 2.75) is 248 Å². The van der Waals surface area contributed by atoms with Crippen molar-refractivity contribution in [3.05, 3.63) is 0 Å². The average molecular weight is 1290 g/mol. The number of fused-ring (bicyclic) bond motifs is 20. The van der Waals surface area contributed by atoms with Gasteiger partial charge in [0.15, 0.2) is 20.4 Å². The number of esters is 6. The summed E-state index contributed by atoms with van der Waals surface area (Å²) >= 11 is 0. The van der Waals surface area contributed by atoms with E-state index in [-0.39, 0.29) is 155 Å². The zero-order chi connectivity index (χ0) is 60.4. The first kappa shape index (κ1) is 78.1. The maximum Gasteiger partial charge on any atom is 0.311 e. The van der Waals surface area contributed by atoms with E-state index in [1.807, 2.05) is 69.2 Å². The third kappa shape index (κ3) is 15.2. The Bertz CT molecular complexity index is 2460. The molecule has 0 aromatic heterocycles. The Morgan fingerprint density at radius 2 is 0.868 bits per heavy atom. The molecule has 524 valence electrons. The molecular formula is C75H128O16. The topological polar surface area (TPSA) is 203 Å². The van der Waals surface area contributed by atoms with Gasteiger partial charge in [0.1, 0.15) is 24.1 Å². The van der Waals surface area contributed by atoms with Crippen LogP contribution >= 0.6 is 0 Å². The Hall–Kier alpha value is -3.63. The van der Waals surface area contributed by atoms with Crippen molar-refractivity contribution >= 4 is 41.6 Å². The van der Waals surface area contributed by atoms with Gasteiger partial charge in [0.05, 0.1) is 41.1 Å². The van der Waals surface area contributed by atoms with Crippen molar-refractivity contribution in [1.82, 2.24) is 0 Å². The van der Waals surface area contributed by atoms with E-state index in [4.69, 9.17) is 42.6 Å². The molecule has 16 heteroatoms. The Balaban J connectivity index is 0.000000241. The summed E-state index contributed by atoms with van der Waals surface area (Å²) in [6.45, 7) is 21.2. The Morgan fingerprint density at radius 1 is 0.440 bits per heavy atom. The Labute approximate surface area is 550 Å². The van der Waals surface area contributed by atoms with Gasteiger partial charge < -0.3 is 42.6 Å². The van der Waals surface area contributed by atoms with E-state index in [0.717, 1.165) is 114 Å². The predicted octanol–water partition coefficient (Wildman–Crippen LogP) is 15.2. The molecule has 0 amide bonds. The third-order valence-corrected chi connectivity index (χ3v) is 25.7. The summed E-state index contributed by atoms with van der Waals surface area (Å²) in [5, 5.41) is 0. The van der Waals surface area contributed by atoms with E-state index in [0.29, 0.717) is 108 Å². The van der Waals surface area contributed by atoms with Crippen molar-refractivity contribution in [1.29, 1.82) is 0 Å². The van der Waals surface area contributed by atoms with Crippen molar-refractivity contribution in [3.63, 3.8) is 0 Å². The average Bonchev–Trinajstić information content (AvgIpc) is 1.64. The van der Waals surface area contributed by atoms with E-state index < -0.39 is 10.8 Å². The van der Waals surface area contributed by atoms with Gasteiger partial charge >= 0.3 is 35.8 Å². The zero-order valence-corrected chi connectivity index (χ0v) is 53.0. The fourth-order valence-corrected chi connectivity index (χ4v) is 20.9. The smallest absolute Gasteiger partial charge is 0.311 e. The molecule has 26 unspecified atom stereocenters. The lowest BCUT2D eigenvalue weighted by molar-refractivity contribution is -0.176. The summed E-state index contributed by atoms with van der Waals surface area (Å²) < 4.78 is 50.1. The Kier molecular flexibility index (Phi) is 27.4. The second kappa shape index (κ2) is 31.9. The highest BCUT2D eigenvalue weighted by molar-refractivity contribution is 5.86. The lowest BCUT2D eigenvalue weighted by Gasteiger charge is -2.53. The van der Waals surface area contributed by atoms with Crippen molar-refractivity contribution < 1.29 is 76.2 Å². The molecule has 14 fully saturated rings. The Morgan fingerprint density at radius 3 is 1.33 bits per heavy atom. The number of hydrogen-bond acceptors (Lipinski definition) is 16. The minimum atomic E-state index is -0.495.